The first-order chi connectivity index (χ1) is 8.71. The van der Waals surface area contributed by atoms with Crippen LogP contribution in [0.4, 0.5) is 0 Å². The minimum atomic E-state index is -1.16. The van der Waals surface area contributed by atoms with E-state index in [1.165, 1.54) is 0 Å². The molecule has 0 aliphatic rings. The smallest absolute Gasteiger partial charge is 0.331 e. The van der Waals surface area contributed by atoms with Gasteiger partial charge in [0.05, 0.1) is 12.7 Å². The van der Waals surface area contributed by atoms with E-state index in [-0.39, 0.29) is 0 Å². The minimum Gasteiger partial charge on any atom is -0.465 e. The van der Waals surface area contributed by atoms with Crippen molar-refractivity contribution in [2.45, 2.75) is 38.5 Å². The summed E-state index contributed by atoms with van der Waals surface area (Å²) in [6.07, 6.45) is 2.26. The van der Waals surface area contributed by atoms with Gasteiger partial charge in [-0.2, -0.15) is 5.26 Å². The fourth-order valence-corrected chi connectivity index (χ4v) is 1.95. The number of hydrogen-bond acceptors (Lipinski definition) is 3. The average Bonchev–Trinajstić information content (AvgIpc) is 2.42. The standard InChI is InChI=1S/C15H19NO2/c1-3-5-11-15(12-16,14(17)18-4-2)13-9-7-6-8-10-13/h6-10H,3-5,11H2,1-2H3. The second-order valence-electron chi connectivity index (χ2n) is 4.21. The number of carbonyl (C=O) groups excluding carboxylic acids is 1. The van der Waals surface area contributed by atoms with E-state index in [9.17, 15) is 10.1 Å². The summed E-state index contributed by atoms with van der Waals surface area (Å²) in [5.74, 6) is -0.438. The molecule has 0 fully saturated rings. The number of hydrogen-bond donors (Lipinski definition) is 0. The number of nitriles is 1. The summed E-state index contributed by atoms with van der Waals surface area (Å²) >= 11 is 0. The summed E-state index contributed by atoms with van der Waals surface area (Å²) in [5.41, 5.74) is -0.438. The highest BCUT2D eigenvalue weighted by Gasteiger charge is 2.41. The Morgan fingerprint density at radius 1 is 1.33 bits per heavy atom. The van der Waals surface area contributed by atoms with Gasteiger partial charge in [0.25, 0.3) is 0 Å². The molecule has 0 spiro atoms. The molecule has 0 aliphatic carbocycles. The predicted octanol–water partition coefficient (Wildman–Crippen LogP) is 3.20. The monoisotopic (exact) mass is 245 g/mol. The molecule has 1 rings (SSSR count). The van der Waals surface area contributed by atoms with Gasteiger partial charge < -0.3 is 4.74 Å². The lowest BCUT2D eigenvalue weighted by molar-refractivity contribution is -0.148. The topological polar surface area (TPSA) is 50.1 Å². The third kappa shape index (κ3) is 2.89. The van der Waals surface area contributed by atoms with E-state index in [0.29, 0.717) is 13.0 Å². The van der Waals surface area contributed by atoms with Gasteiger partial charge in [-0.05, 0) is 18.9 Å². The fourth-order valence-electron chi connectivity index (χ4n) is 1.95. The Bertz CT molecular complexity index is 422. The summed E-state index contributed by atoms with van der Waals surface area (Å²) in [6.45, 7) is 4.09. The molecule has 0 amide bonds. The average molecular weight is 245 g/mol. The molecule has 18 heavy (non-hydrogen) atoms. The molecule has 0 aliphatic heterocycles. The van der Waals surface area contributed by atoms with E-state index < -0.39 is 11.4 Å². The summed E-state index contributed by atoms with van der Waals surface area (Å²) in [7, 11) is 0. The minimum absolute atomic E-state index is 0.293. The number of ether oxygens (including phenoxy) is 1. The van der Waals surface area contributed by atoms with E-state index in [2.05, 4.69) is 6.07 Å². The molecule has 3 nitrogen and oxygen atoms in total. The molecule has 3 heteroatoms. The van der Waals surface area contributed by atoms with Crippen LogP contribution in [-0.4, -0.2) is 12.6 Å². The van der Waals surface area contributed by atoms with E-state index in [4.69, 9.17) is 4.74 Å². The van der Waals surface area contributed by atoms with Crippen molar-refractivity contribution in [3.63, 3.8) is 0 Å². The third-order valence-electron chi connectivity index (χ3n) is 2.99. The maximum atomic E-state index is 12.2. The highest BCUT2D eigenvalue weighted by atomic mass is 16.5. The molecule has 0 saturated heterocycles. The summed E-state index contributed by atoms with van der Waals surface area (Å²) < 4.78 is 5.09. The maximum absolute atomic E-state index is 12.2. The van der Waals surface area contributed by atoms with E-state index in [1.54, 1.807) is 6.92 Å². The molecule has 0 bridgehead atoms. The van der Waals surface area contributed by atoms with Gasteiger partial charge in [0, 0.05) is 0 Å². The van der Waals surface area contributed by atoms with Crippen molar-refractivity contribution in [3.8, 4) is 6.07 Å². The van der Waals surface area contributed by atoms with E-state index >= 15 is 0 Å². The highest BCUT2D eigenvalue weighted by Crippen LogP contribution is 2.31. The van der Waals surface area contributed by atoms with Gasteiger partial charge in [0.1, 0.15) is 0 Å². The second-order valence-corrected chi connectivity index (χ2v) is 4.21. The lowest BCUT2D eigenvalue weighted by Crippen LogP contribution is -2.36. The van der Waals surface area contributed by atoms with Crippen molar-refractivity contribution in [1.82, 2.24) is 0 Å². The van der Waals surface area contributed by atoms with Gasteiger partial charge in [-0.15, -0.1) is 0 Å². The first kappa shape index (κ1) is 14.2. The van der Waals surface area contributed by atoms with Crippen molar-refractivity contribution < 1.29 is 9.53 Å². The Kier molecular flexibility index (Phi) is 5.38. The summed E-state index contributed by atoms with van der Waals surface area (Å²) in [6, 6.07) is 11.4. The molecule has 0 aromatic heterocycles. The Morgan fingerprint density at radius 3 is 2.50 bits per heavy atom. The van der Waals surface area contributed by atoms with Crippen molar-refractivity contribution in [2.24, 2.45) is 0 Å². The van der Waals surface area contributed by atoms with Crippen LogP contribution >= 0.6 is 0 Å². The molecular formula is C15H19NO2. The fraction of sp³-hybridized carbons (Fsp3) is 0.467. The zero-order chi connectivity index (χ0) is 13.4. The molecule has 0 saturated carbocycles. The van der Waals surface area contributed by atoms with Crippen molar-refractivity contribution in [1.29, 1.82) is 5.26 Å². The van der Waals surface area contributed by atoms with Crippen LogP contribution in [0.15, 0.2) is 30.3 Å². The van der Waals surface area contributed by atoms with Gasteiger partial charge in [-0.1, -0.05) is 50.1 Å². The predicted molar refractivity (Wildman–Crippen MR) is 69.9 cm³/mol. The SMILES string of the molecule is CCCCC(C#N)(C(=O)OCC)c1ccccc1. The molecule has 0 heterocycles. The van der Waals surface area contributed by atoms with Gasteiger partial charge in [0.2, 0.25) is 0 Å². The van der Waals surface area contributed by atoms with Crippen LogP contribution in [0.5, 0.6) is 0 Å². The number of carbonyl (C=O) groups is 1. The summed E-state index contributed by atoms with van der Waals surface area (Å²) in [4.78, 5) is 12.2. The Morgan fingerprint density at radius 2 is 2.00 bits per heavy atom. The molecular weight excluding hydrogens is 226 g/mol. The molecule has 0 N–H and O–H groups in total. The van der Waals surface area contributed by atoms with Crippen LogP contribution in [0.3, 0.4) is 0 Å². The van der Waals surface area contributed by atoms with Crippen molar-refractivity contribution in [2.75, 3.05) is 6.61 Å². The number of esters is 1. The molecule has 0 radical (unpaired) electrons. The van der Waals surface area contributed by atoms with Gasteiger partial charge in [-0.25, -0.2) is 4.79 Å². The Balaban J connectivity index is 3.15. The Hall–Kier alpha value is -1.82. The third-order valence-corrected chi connectivity index (χ3v) is 2.99. The van der Waals surface area contributed by atoms with Crippen molar-refractivity contribution >= 4 is 5.97 Å². The zero-order valence-electron chi connectivity index (χ0n) is 11.0. The molecule has 1 unspecified atom stereocenters. The lowest BCUT2D eigenvalue weighted by Gasteiger charge is -2.24. The van der Waals surface area contributed by atoms with Gasteiger partial charge in [0.15, 0.2) is 5.41 Å². The van der Waals surface area contributed by atoms with Gasteiger partial charge in [-0.3, -0.25) is 0 Å². The highest BCUT2D eigenvalue weighted by molar-refractivity contribution is 5.86. The number of benzene rings is 1. The number of rotatable bonds is 6. The van der Waals surface area contributed by atoms with E-state index in [1.807, 2.05) is 37.3 Å². The molecule has 96 valence electrons. The van der Waals surface area contributed by atoms with Crippen LogP contribution in [-0.2, 0) is 14.9 Å². The first-order valence-electron chi connectivity index (χ1n) is 6.35. The quantitative estimate of drug-likeness (QED) is 0.723. The van der Waals surface area contributed by atoms with Crippen molar-refractivity contribution in [3.05, 3.63) is 35.9 Å². The van der Waals surface area contributed by atoms with Crippen LogP contribution in [0, 0.1) is 11.3 Å². The molecule has 1 aromatic carbocycles. The van der Waals surface area contributed by atoms with Crippen LogP contribution in [0.2, 0.25) is 0 Å². The van der Waals surface area contributed by atoms with Gasteiger partial charge >= 0.3 is 5.97 Å². The zero-order valence-corrected chi connectivity index (χ0v) is 11.0. The lowest BCUT2D eigenvalue weighted by atomic mass is 9.77. The van der Waals surface area contributed by atoms with Crippen LogP contribution < -0.4 is 0 Å². The van der Waals surface area contributed by atoms with Crippen LogP contribution in [0.1, 0.15) is 38.7 Å². The normalized spacial score (nSPS) is 13.4. The largest absolute Gasteiger partial charge is 0.465 e. The number of unbranched alkanes of at least 4 members (excludes halogenated alkanes) is 1. The first-order valence-corrected chi connectivity index (χ1v) is 6.35. The Labute approximate surface area is 108 Å². The summed E-state index contributed by atoms with van der Waals surface area (Å²) in [5, 5.41) is 9.50. The number of nitrogens with zero attached hydrogens (tertiary/aromatic N) is 1. The molecule has 1 atom stereocenters. The van der Waals surface area contributed by atoms with Crippen LogP contribution in [0.25, 0.3) is 0 Å². The molecule has 1 aromatic rings. The second kappa shape index (κ2) is 6.80. The van der Waals surface area contributed by atoms with E-state index in [0.717, 1.165) is 18.4 Å². The maximum Gasteiger partial charge on any atom is 0.331 e.